The molecule has 1 aliphatic rings. The lowest BCUT2D eigenvalue weighted by molar-refractivity contribution is -0.384. The van der Waals surface area contributed by atoms with Crippen LogP contribution in [0.1, 0.15) is 10.4 Å². The number of amides is 1. The predicted octanol–water partition coefficient (Wildman–Crippen LogP) is 4.26. The van der Waals surface area contributed by atoms with Gasteiger partial charge in [-0.3, -0.25) is 20.2 Å². The molecule has 1 aromatic heterocycles. The van der Waals surface area contributed by atoms with Crippen molar-refractivity contribution in [3.8, 4) is 17.0 Å². The first-order valence-electron chi connectivity index (χ1n) is 8.05. The van der Waals surface area contributed by atoms with Crippen LogP contribution in [-0.2, 0) is 11.4 Å². The van der Waals surface area contributed by atoms with Crippen LogP contribution >= 0.6 is 11.3 Å². The molecule has 7 nitrogen and oxygen atoms in total. The second-order valence-electron chi connectivity index (χ2n) is 5.75. The van der Waals surface area contributed by atoms with Crippen molar-refractivity contribution in [2.45, 2.75) is 6.61 Å². The lowest BCUT2D eigenvalue weighted by atomic mass is 10.1. The number of non-ortho nitro benzene ring substituents is 1. The summed E-state index contributed by atoms with van der Waals surface area (Å²) in [6.07, 6.45) is 2.85. The van der Waals surface area contributed by atoms with Gasteiger partial charge in [-0.25, -0.2) is 4.98 Å². The molecule has 0 fully saturated rings. The molecule has 27 heavy (non-hydrogen) atoms. The molecule has 1 N–H and O–H groups in total. The van der Waals surface area contributed by atoms with Crippen LogP contribution < -0.4 is 10.1 Å². The van der Waals surface area contributed by atoms with E-state index in [-0.39, 0.29) is 11.6 Å². The fourth-order valence-electron chi connectivity index (χ4n) is 2.71. The number of carbonyl (C=O) groups is 1. The molecule has 0 saturated heterocycles. The van der Waals surface area contributed by atoms with Gasteiger partial charge < -0.3 is 4.74 Å². The number of nitro groups is 1. The van der Waals surface area contributed by atoms with Crippen molar-refractivity contribution >= 4 is 34.1 Å². The van der Waals surface area contributed by atoms with Gasteiger partial charge in [-0.05, 0) is 23.8 Å². The van der Waals surface area contributed by atoms with Crippen LogP contribution in [0, 0.1) is 10.1 Å². The van der Waals surface area contributed by atoms with Crippen LogP contribution in [-0.4, -0.2) is 15.8 Å². The Labute approximate surface area is 158 Å². The highest BCUT2D eigenvalue weighted by molar-refractivity contribution is 7.16. The summed E-state index contributed by atoms with van der Waals surface area (Å²) in [5.41, 5.74) is 2.27. The molecule has 2 heterocycles. The number of hydrogen-bond acceptors (Lipinski definition) is 6. The molecule has 0 saturated carbocycles. The summed E-state index contributed by atoms with van der Waals surface area (Å²) in [5, 5.41) is 14.0. The monoisotopic (exact) mass is 379 g/mol. The van der Waals surface area contributed by atoms with Gasteiger partial charge in [-0.2, -0.15) is 0 Å². The largest absolute Gasteiger partial charge is 0.487 e. The molecule has 0 spiro atoms. The Morgan fingerprint density at radius 3 is 2.96 bits per heavy atom. The van der Waals surface area contributed by atoms with Crippen molar-refractivity contribution in [1.82, 2.24) is 4.98 Å². The van der Waals surface area contributed by atoms with Gasteiger partial charge in [0.05, 0.1) is 15.5 Å². The molecule has 4 rings (SSSR count). The lowest BCUT2D eigenvalue weighted by Gasteiger charge is -2.15. The third kappa shape index (κ3) is 3.56. The summed E-state index contributed by atoms with van der Waals surface area (Å²) >= 11 is 1.36. The van der Waals surface area contributed by atoms with Crippen LogP contribution in [0.4, 0.5) is 10.8 Å². The van der Waals surface area contributed by atoms with Gasteiger partial charge >= 0.3 is 0 Å². The lowest BCUT2D eigenvalue weighted by Crippen LogP contribution is -2.07. The summed E-state index contributed by atoms with van der Waals surface area (Å²) in [5.74, 6) is 0.417. The molecule has 0 radical (unpaired) electrons. The minimum Gasteiger partial charge on any atom is -0.487 e. The number of carbonyl (C=O) groups excluding carboxylic acids is 1. The van der Waals surface area contributed by atoms with Gasteiger partial charge in [-0.15, -0.1) is 0 Å². The molecule has 0 unspecified atom stereocenters. The highest BCUT2D eigenvalue weighted by Gasteiger charge is 2.22. The standard InChI is InChI=1S/C19H13N3O4S/c23-17(9-8-12-4-3-5-13(10-12)22(24)25)20-19-21-18-14-6-1-2-7-15(14)26-11-16(18)27-19/h1-10H,11H2,(H,20,21,23)/b9-8+. The number of nitrogens with zero attached hydrogens (tertiary/aromatic N) is 2. The normalized spacial score (nSPS) is 12.1. The Kier molecular flexibility index (Phi) is 4.39. The van der Waals surface area contributed by atoms with Gasteiger partial charge in [0, 0.05) is 23.8 Å². The van der Waals surface area contributed by atoms with Crippen molar-refractivity contribution in [3.05, 3.63) is 75.2 Å². The van der Waals surface area contributed by atoms with Crippen molar-refractivity contribution in [1.29, 1.82) is 0 Å². The second kappa shape index (κ2) is 7.00. The number of rotatable bonds is 4. The van der Waals surface area contributed by atoms with E-state index in [1.807, 2.05) is 24.3 Å². The predicted molar refractivity (Wildman–Crippen MR) is 103 cm³/mol. The first kappa shape index (κ1) is 16.9. The number of hydrogen-bond donors (Lipinski definition) is 1. The smallest absolute Gasteiger partial charge is 0.270 e. The number of thiazole rings is 1. The van der Waals surface area contributed by atoms with Gasteiger partial charge in [0.15, 0.2) is 5.13 Å². The Bertz CT molecular complexity index is 1070. The highest BCUT2D eigenvalue weighted by Crippen LogP contribution is 2.40. The van der Waals surface area contributed by atoms with Gasteiger partial charge in [0.25, 0.3) is 5.69 Å². The summed E-state index contributed by atoms with van der Waals surface area (Å²) in [6.45, 7) is 0.420. The van der Waals surface area contributed by atoms with Gasteiger partial charge in [0.2, 0.25) is 5.91 Å². The van der Waals surface area contributed by atoms with Crippen LogP contribution in [0.25, 0.3) is 17.3 Å². The molecule has 8 heteroatoms. The number of aromatic nitrogens is 1. The van der Waals surface area contributed by atoms with E-state index in [0.29, 0.717) is 17.3 Å². The Morgan fingerprint density at radius 2 is 2.11 bits per heavy atom. The zero-order valence-electron chi connectivity index (χ0n) is 13.9. The quantitative estimate of drug-likeness (QED) is 0.415. The maximum atomic E-state index is 12.2. The van der Waals surface area contributed by atoms with Crippen molar-refractivity contribution < 1.29 is 14.5 Å². The van der Waals surface area contributed by atoms with Crippen LogP contribution in [0.2, 0.25) is 0 Å². The van der Waals surface area contributed by atoms with Crippen LogP contribution in [0.3, 0.4) is 0 Å². The number of anilines is 1. The number of para-hydroxylation sites is 1. The fourth-order valence-corrected chi connectivity index (χ4v) is 3.60. The molecule has 134 valence electrons. The molecule has 2 aromatic carbocycles. The Hall–Kier alpha value is -3.52. The number of fused-ring (bicyclic) bond motifs is 3. The molecule has 1 aliphatic heterocycles. The maximum Gasteiger partial charge on any atom is 0.270 e. The molecule has 1 amide bonds. The van der Waals surface area contributed by atoms with E-state index in [4.69, 9.17) is 4.74 Å². The number of ether oxygens (including phenoxy) is 1. The van der Waals surface area contributed by atoms with E-state index in [1.54, 1.807) is 12.1 Å². The number of nitrogens with one attached hydrogen (secondary N) is 1. The summed E-state index contributed by atoms with van der Waals surface area (Å²) < 4.78 is 5.69. The van der Waals surface area contributed by atoms with E-state index in [9.17, 15) is 14.9 Å². The average Bonchev–Trinajstić information content (AvgIpc) is 3.09. The van der Waals surface area contributed by atoms with Gasteiger partial charge in [-0.1, -0.05) is 35.6 Å². The number of benzene rings is 2. The minimum atomic E-state index is -0.475. The van der Waals surface area contributed by atoms with Crippen molar-refractivity contribution in [2.75, 3.05) is 5.32 Å². The first-order valence-corrected chi connectivity index (χ1v) is 8.87. The molecule has 0 atom stereocenters. The molecule has 3 aromatic rings. The summed E-state index contributed by atoms with van der Waals surface area (Å²) in [6, 6.07) is 13.7. The Morgan fingerprint density at radius 1 is 1.26 bits per heavy atom. The zero-order valence-corrected chi connectivity index (χ0v) is 14.7. The fraction of sp³-hybridized carbons (Fsp3) is 0.0526. The second-order valence-corrected chi connectivity index (χ2v) is 6.83. The minimum absolute atomic E-state index is 0.0242. The topological polar surface area (TPSA) is 94.4 Å². The summed E-state index contributed by atoms with van der Waals surface area (Å²) in [4.78, 5) is 28.0. The Balaban J connectivity index is 1.49. The van der Waals surface area contributed by atoms with E-state index in [2.05, 4.69) is 10.3 Å². The third-order valence-corrected chi connectivity index (χ3v) is 4.88. The van der Waals surface area contributed by atoms with E-state index in [1.165, 1.54) is 35.6 Å². The van der Waals surface area contributed by atoms with Crippen LogP contribution in [0.15, 0.2) is 54.6 Å². The molecular weight excluding hydrogens is 366 g/mol. The summed E-state index contributed by atoms with van der Waals surface area (Å²) in [7, 11) is 0. The SMILES string of the molecule is O=C(/C=C/c1cccc([N+](=O)[O-])c1)Nc1nc2c(s1)COc1ccccc1-2. The molecular formula is C19H13N3O4S. The maximum absolute atomic E-state index is 12.2. The van der Waals surface area contributed by atoms with Crippen molar-refractivity contribution in [2.24, 2.45) is 0 Å². The van der Waals surface area contributed by atoms with Crippen LogP contribution in [0.5, 0.6) is 5.75 Å². The van der Waals surface area contributed by atoms with Gasteiger partial charge in [0.1, 0.15) is 12.4 Å². The van der Waals surface area contributed by atoms with Crippen molar-refractivity contribution in [3.63, 3.8) is 0 Å². The third-order valence-electron chi connectivity index (χ3n) is 3.94. The number of nitro benzene ring substituents is 1. The molecule has 0 aliphatic carbocycles. The highest BCUT2D eigenvalue weighted by atomic mass is 32.1. The first-order chi connectivity index (χ1) is 13.1. The average molecular weight is 379 g/mol. The van der Waals surface area contributed by atoms with E-state index < -0.39 is 4.92 Å². The molecule has 0 bridgehead atoms. The van der Waals surface area contributed by atoms with E-state index >= 15 is 0 Å². The zero-order chi connectivity index (χ0) is 18.8. The van der Waals surface area contributed by atoms with E-state index in [0.717, 1.165) is 21.9 Å².